The van der Waals surface area contributed by atoms with Crippen LogP contribution < -0.4 is 4.90 Å². The van der Waals surface area contributed by atoms with Crippen LogP contribution in [0.1, 0.15) is 28.8 Å². The SMILES string of the molecule is O=C(c1ccccc1SCC(=O)N1CCc2ccccc21)N1CCN(CCN2CCCC2)CC1. The molecule has 0 unspecified atom stereocenters. The van der Waals surface area contributed by atoms with Crippen molar-refractivity contribution in [3.8, 4) is 0 Å². The standard InChI is InChI=1S/C27H34N4O2S/c32-26(31-14-11-22-7-1-3-9-24(22)31)21-34-25-10-4-2-8-23(25)27(33)30-19-17-29(18-20-30)16-15-28-12-5-6-13-28/h1-4,7-10H,5-6,11-21H2. The summed E-state index contributed by atoms with van der Waals surface area (Å²) < 4.78 is 0. The lowest BCUT2D eigenvalue weighted by atomic mass is 10.2. The number of hydrogen-bond donors (Lipinski definition) is 0. The molecule has 2 saturated heterocycles. The van der Waals surface area contributed by atoms with Crippen molar-refractivity contribution in [3.63, 3.8) is 0 Å². The Kier molecular flexibility index (Phi) is 7.52. The van der Waals surface area contributed by atoms with Gasteiger partial charge in [-0.2, -0.15) is 0 Å². The van der Waals surface area contributed by atoms with Crippen LogP contribution in [0.2, 0.25) is 0 Å². The number of rotatable bonds is 7. The van der Waals surface area contributed by atoms with Crippen molar-refractivity contribution < 1.29 is 9.59 Å². The molecule has 5 rings (SSSR count). The smallest absolute Gasteiger partial charge is 0.255 e. The van der Waals surface area contributed by atoms with Gasteiger partial charge in [0.15, 0.2) is 0 Å². The minimum Gasteiger partial charge on any atom is -0.336 e. The van der Waals surface area contributed by atoms with Crippen molar-refractivity contribution in [2.24, 2.45) is 0 Å². The van der Waals surface area contributed by atoms with E-state index >= 15 is 0 Å². The summed E-state index contributed by atoms with van der Waals surface area (Å²) in [6, 6.07) is 15.9. The molecule has 2 aromatic carbocycles. The summed E-state index contributed by atoms with van der Waals surface area (Å²) in [5.74, 6) is 0.521. The molecule has 3 aliphatic rings. The number of para-hydroxylation sites is 1. The van der Waals surface area contributed by atoms with Crippen molar-refractivity contribution in [2.45, 2.75) is 24.2 Å². The molecule has 3 aliphatic heterocycles. The van der Waals surface area contributed by atoms with E-state index in [0.717, 1.165) is 62.8 Å². The van der Waals surface area contributed by atoms with E-state index < -0.39 is 0 Å². The first-order valence-electron chi connectivity index (χ1n) is 12.5. The molecule has 0 radical (unpaired) electrons. The maximum absolute atomic E-state index is 13.3. The molecule has 7 heteroatoms. The van der Waals surface area contributed by atoms with Gasteiger partial charge in [-0.1, -0.05) is 30.3 Å². The zero-order valence-electron chi connectivity index (χ0n) is 19.8. The second-order valence-electron chi connectivity index (χ2n) is 9.39. The topological polar surface area (TPSA) is 47.1 Å². The zero-order chi connectivity index (χ0) is 23.3. The van der Waals surface area contributed by atoms with Crippen molar-refractivity contribution in [1.82, 2.24) is 14.7 Å². The minimum atomic E-state index is 0.0845. The van der Waals surface area contributed by atoms with Gasteiger partial charge >= 0.3 is 0 Å². The van der Waals surface area contributed by atoms with Crippen LogP contribution in [0.4, 0.5) is 5.69 Å². The Morgan fingerprint density at radius 3 is 2.24 bits per heavy atom. The van der Waals surface area contributed by atoms with Crippen LogP contribution in [0.15, 0.2) is 53.4 Å². The summed E-state index contributed by atoms with van der Waals surface area (Å²) in [7, 11) is 0. The van der Waals surface area contributed by atoms with E-state index in [0.29, 0.717) is 11.3 Å². The van der Waals surface area contributed by atoms with Crippen molar-refractivity contribution in [1.29, 1.82) is 0 Å². The summed E-state index contributed by atoms with van der Waals surface area (Å²) >= 11 is 1.48. The van der Waals surface area contributed by atoms with E-state index in [2.05, 4.69) is 15.9 Å². The Morgan fingerprint density at radius 2 is 1.44 bits per heavy atom. The van der Waals surface area contributed by atoms with E-state index in [1.54, 1.807) is 0 Å². The third kappa shape index (κ3) is 5.32. The van der Waals surface area contributed by atoms with Gasteiger partial charge in [-0.15, -0.1) is 11.8 Å². The second-order valence-corrected chi connectivity index (χ2v) is 10.4. The number of carbonyl (C=O) groups is 2. The summed E-state index contributed by atoms with van der Waals surface area (Å²) in [6.07, 6.45) is 3.57. The summed E-state index contributed by atoms with van der Waals surface area (Å²) in [5.41, 5.74) is 2.98. The molecule has 0 atom stereocenters. The Bertz CT molecular complexity index is 1020. The molecule has 3 heterocycles. The van der Waals surface area contributed by atoms with E-state index in [4.69, 9.17) is 0 Å². The van der Waals surface area contributed by atoms with E-state index in [1.807, 2.05) is 52.3 Å². The van der Waals surface area contributed by atoms with E-state index in [-0.39, 0.29) is 11.8 Å². The van der Waals surface area contributed by atoms with Crippen LogP contribution in [0.25, 0.3) is 0 Å². The highest BCUT2D eigenvalue weighted by molar-refractivity contribution is 8.00. The monoisotopic (exact) mass is 478 g/mol. The predicted molar refractivity (Wildman–Crippen MR) is 138 cm³/mol. The first-order valence-corrected chi connectivity index (χ1v) is 13.5. The number of nitrogens with zero attached hydrogens (tertiary/aromatic N) is 4. The third-order valence-electron chi connectivity index (χ3n) is 7.25. The van der Waals surface area contributed by atoms with Gasteiger partial charge in [0.25, 0.3) is 5.91 Å². The molecule has 0 aromatic heterocycles. The predicted octanol–water partition coefficient (Wildman–Crippen LogP) is 3.22. The highest BCUT2D eigenvalue weighted by atomic mass is 32.2. The number of anilines is 1. The molecule has 180 valence electrons. The lowest BCUT2D eigenvalue weighted by Gasteiger charge is -2.35. The number of carbonyl (C=O) groups excluding carboxylic acids is 2. The number of thioether (sulfide) groups is 1. The number of fused-ring (bicyclic) bond motifs is 1. The second kappa shape index (κ2) is 10.9. The number of likely N-dealkylation sites (tertiary alicyclic amines) is 1. The van der Waals surface area contributed by atoms with Crippen LogP contribution in [-0.4, -0.2) is 91.2 Å². The van der Waals surface area contributed by atoms with Gasteiger partial charge in [-0.25, -0.2) is 0 Å². The lowest BCUT2D eigenvalue weighted by Crippen LogP contribution is -2.50. The molecular weight excluding hydrogens is 444 g/mol. The molecule has 0 saturated carbocycles. The van der Waals surface area contributed by atoms with Gasteiger partial charge in [0.05, 0.1) is 11.3 Å². The fourth-order valence-electron chi connectivity index (χ4n) is 5.22. The van der Waals surface area contributed by atoms with Crippen molar-refractivity contribution in [3.05, 3.63) is 59.7 Å². The van der Waals surface area contributed by atoms with Gasteiger partial charge in [0.1, 0.15) is 0 Å². The maximum atomic E-state index is 13.3. The third-order valence-corrected chi connectivity index (χ3v) is 8.31. The van der Waals surface area contributed by atoms with Gasteiger partial charge < -0.3 is 14.7 Å². The molecule has 2 aromatic rings. The molecule has 0 N–H and O–H groups in total. The van der Waals surface area contributed by atoms with Gasteiger partial charge in [-0.05, 0) is 56.1 Å². The Labute approximate surface area is 206 Å². The number of piperazine rings is 1. The Hall–Kier alpha value is -2.35. The van der Waals surface area contributed by atoms with Crippen LogP contribution in [0, 0.1) is 0 Å². The molecule has 2 amide bonds. The normalized spacial score (nSPS) is 18.9. The molecule has 0 bridgehead atoms. The van der Waals surface area contributed by atoms with Crippen molar-refractivity contribution in [2.75, 3.05) is 69.6 Å². The maximum Gasteiger partial charge on any atom is 0.255 e. The molecule has 2 fully saturated rings. The average Bonchev–Trinajstić information content (AvgIpc) is 3.56. The van der Waals surface area contributed by atoms with E-state index in [1.165, 1.54) is 43.3 Å². The molecule has 0 aliphatic carbocycles. The Balaban J connectivity index is 1.15. The minimum absolute atomic E-state index is 0.0845. The van der Waals surface area contributed by atoms with Gasteiger partial charge in [0.2, 0.25) is 5.91 Å². The van der Waals surface area contributed by atoms with Crippen LogP contribution in [-0.2, 0) is 11.2 Å². The zero-order valence-corrected chi connectivity index (χ0v) is 20.6. The number of amides is 2. The van der Waals surface area contributed by atoms with Gasteiger partial charge in [-0.3, -0.25) is 14.5 Å². The summed E-state index contributed by atoms with van der Waals surface area (Å²) in [6.45, 7) is 8.84. The number of hydrogen-bond acceptors (Lipinski definition) is 5. The first-order chi connectivity index (χ1) is 16.7. The largest absolute Gasteiger partial charge is 0.336 e. The summed E-state index contributed by atoms with van der Waals surface area (Å²) in [5, 5.41) is 0. The molecular formula is C27H34N4O2S. The fraction of sp³-hybridized carbons (Fsp3) is 0.481. The highest BCUT2D eigenvalue weighted by Crippen LogP contribution is 2.30. The van der Waals surface area contributed by atoms with Crippen molar-refractivity contribution >= 4 is 29.3 Å². The first kappa shape index (κ1) is 23.4. The molecule has 0 spiro atoms. The van der Waals surface area contributed by atoms with Crippen LogP contribution in [0.5, 0.6) is 0 Å². The molecule has 6 nitrogen and oxygen atoms in total. The molecule has 34 heavy (non-hydrogen) atoms. The van der Waals surface area contributed by atoms with E-state index in [9.17, 15) is 9.59 Å². The van der Waals surface area contributed by atoms with Crippen LogP contribution in [0.3, 0.4) is 0 Å². The highest BCUT2D eigenvalue weighted by Gasteiger charge is 2.26. The fourth-order valence-corrected chi connectivity index (χ4v) is 6.14. The quantitative estimate of drug-likeness (QED) is 0.572. The summed E-state index contributed by atoms with van der Waals surface area (Å²) in [4.78, 5) is 36.1. The Morgan fingerprint density at radius 1 is 0.765 bits per heavy atom. The van der Waals surface area contributed by atoms with Gasteiger partial charge in [0, 0.05) is 56.4 Å². The average molecular weight is 479 g/mol. The number of benzene rings is 2. The van der Waals surface area contributed by atoms with Crippen LogP contribution >= 0.6 is 11.8 Å². The lowest BCUT2D eigenvalue weighted by molar-refractivity contribution is -0.116.